The zero-order valence-electron chi connectivity index (χ0n) is 13.5. The first-order valence-electron chi connectivity index (χ1n) is 7.71. The lowest BCUT2D eigenvalue weighted by Gasteiger charge is -2.28. The maximum atomic E-state index is 12.4. The second-order valence-corrected chi connectivity index (χ2v) is 6.81. The summed E-state index contributed by atoms with van der Waals surface area (Å²) in [4.78, 5) is 26.1. The Balaban J connectivity index is 1.62. The van der Waals surface area contributed by atoms with Crippen LogP contribution in [0.4, 0.5) is 4.79 Å². The van der Waals surface area contributed by atoms with Crippen molar-refractivity contribution in [3.63, 3.8) is 0 Å². The van der Waals surface area contributed by atoms with E-state index in [1.807, 2.05) is 30.3 Å². The Morgan fingerprint density at radius 3 is 2.61 bits per heavy atom. The Hall–Kier alpha value is -2.08. The summed E-state index contributed by atoms with van der Waals surface area (Å²) in [5, 5.41) is 0. The van der Waals surface area contributed by atoms with Gasteiger partial charge in [-0.05, 0) is 26.3 Å². The van der Waals surface area contributed by atoms with Crippen LogP contribution >= 0.6 is 0 Å². The van der Waals surface area contributed by atoms with Gasteiger partial charge in [0.2, 0.25) is 0 Å². The van der Waals surface area contributed by atoms with Gasteiger partial charge in [-0.25, -0.2) is 9.59 Å². The summed E-state index contributed by atoms with van der Waals surface area (Å²) in [7, 11) is 0. The number of likely N-dealkylation sites (tertiary alicyclic amines) is 1. The van der Waals surface area contributed by atoms with Crippen LogP contribution in [-0.4, -0.2) is 47.4 Å². The summed E-state index contributed by atoms with van der Waals surface area (Å²) in [6.07, 6.45) is -0.863. The number of fused-ring (bicyclic) bond motifs is 1. The lowest BCUT2D eigenvalue weighted by atomic mass is 10.2. The van der Waals surface area contributed by atoms with Gasteiger partial charge in [-0.3, -0.25) is 4.90 Å². The minimum Gasteiger partial charge on any atom is -0.459 e. The van der Waals surface area contributed by atoms with Crippen LogP contribution in [0.5, 0.6) is 0 Å². The number of hydrogen-bond donors (Lipinski definition) is 0. The molecule has 0 N–H and O–H groups in total. The number of carbonyl (C=O) groups is 2. The first kappa shape index (κ1) is 15.8. The van der Waals surface area contributed by atoms with Crippen LogP contribution in [-0.2, 0) is 25.6 Å². The van der Waals surface area contributed by atoms with Crippen LogP contribution < -0.4 is 0 Å². The highest BCUT2D eigenvalue weighted by Gasteiger charge is 2.60. The van der Waals surface area contributed by atoms with Crippen LogP contribution in [0.3, 0.4) is 0 Å². The highest BCUT2D eigenvalue weighted by molar-refractivity contribution is 5.84. The number of nitrogens with zero attached hydrogens (tertiary/aromatic N) is 1. The highest BCUT2D eigenvalue weighted by Crippen LogP contribution is 2.38. The molecule has 3 rings (SSSR count). The van der Waals surface area contributed by atoms with E-state index in [1.54, 1.807) is 20.8 Å². The van der Waals surface area contributed by atoms with Gasteiger partial charge in [-0.1, -0.05) is 30.3 Å². The number of amides is 1. The summed E-state index contributed by atoms with van der Waals surface area (Å²) < 4.78 is 16.1. The van der Waals surface area contributed by atoms with Gasteiger partial charge in [0.05, 0.1) is 6.54 Å². The van der Waals surface area contributed by atoms with E-state index in [4.69, 9.17) is 14.2 Å². The third kappa shape index (κ3) is 3.64. The van der Waals surface area contributed by atoms with Crippen molar-refractivity contribution in [1.29, 1.82) is 0 Å². The number of benzene rings is 1. The van der Waals surface area contributed by atoms with E-state index in [9.17, 15) is 9.59 Å². The first-order chi connectivity index (χ1) is 10.8. The molecule has 2 heterocycles. The summed E-state index contributed by atoms with van der Waals surface area (Å²) in [6, 6.07) is 8.69. The molecule has 3 atom stereocenters. The van der Waals surface area contributed by atoms with Crippen molar-refractivity contribution in [3.05, 3.63) is 35.9 Å². The average molecular weight is 319 g/mol. The SMILES string of the molecule is CC(C)(C)OC(=O)N1C[C@H]2O[C@H]2[C@H]1C(=O)OCc1ccccc1. The van der Waals surface area contributed by atoms with Crippen LogP contribution in [0, 0.1) is 0 Å². The molecule has 0 aromatic heterocycles. The van der Waals surface area contributed by atoms with Gasteiger partial charge in [-0.15, -0.1) is 0 Å². The standard InChI is InChI=1S/C17H21NO5/c1-17(2,3)23-16(20)18-9-12-14(22-12)13(18)15(19)21-10-11-7-5-4-6-8-11/h4-8,12-14H,9-10H2,1-3H3/t12-,13+,14-/m1/s1. The maximum absolute atomic E-state index is 12.4. The first-order valence-corrected chi connectivity index (χ1v) is 7.71. The van der Waals surface area contributed by atoms with Crippen molar-refractivity contribution in [2.75, 3.05) is 6.54 Å². The molecule has 6 heteroatoms. The van der Waals surface area contributed by atoms with Gasteiger partial charge < -0.3 is 14.2 Å². The molecule has 2 saturated heterocycles. The molecule has 2 aliphatic heterocycles. The van der Waals surface area contributed by atoms with Crippen LogP contribution in [0.1, 0.15) is 26.3 Å². The number of morpholine rings is 1. The molecule has 1 aromatic rings. The van der Waals surface area contributed by atoms with E-state index in [1.165, 1.54) is 4.90 Å². The molecule has 1 amide bonds. The van der Waals surface area contributed by atoms with Gasteiger partial charge in [0.1, 0.15) is 24.4 Å². The largest absolute Gasteiger partial charge is 0.459 e. The van der Waals surface area contributed by atoms with Gasteiger partial charge >= 0.3 is 12.1 Å². The lowest BCUT2D eigenvalue weighted by Crippen LogP contribution is -2.47. The molecular weight excluding hydrogens is 298 g/mol. The normalized spacial score (nSPS) is 25.7. The fraction of sp³-hybridized carbons (Fsp3) is 0.529. The number of hydrogen-bond acceptors (Lipinski definition) is 5. The van der Waals surface area contributed by atoms with Crippen molar-refractivity contribution in [2.45, 2.75) is 51.2 Å². The fourth-order valence-electron chi connectivity index (χ4n) is 2.65. The van der Waals surface area contributed by atoms with E-state index >= 15 is 0 Å². The molecule has 0 bridgehead atoms. The summed E-state index contributed by atoms with van der Waals surface area (Å²) in [5.41, 5.74) is 0.291. The molecule has 1 aromatic carbocycles. The van der Waals surface area contributed by atoms with Gasteiger partial charge in [0.15, 0.2) is 6.04 Å². The Morgan fingerprint density at radius 2 is 1.96 bits per heavy atom. The predicted octanol–water partition coefficient (Wildman–Crippen LogP) is 2.12. The molecular formula is C17H21NO5. The zero-order chi connectivity index (χ0) is 16.6. The van der Waals surface area contributed by atoms with Gasteiger partial charge in [-0.2, -0.15) is 0 Å². The van der Waals surface area contributed by atoms with E-state index in [2.05, 4.69) is 0 Å². The fourth-order valence-corrected chi connectivity index (χ4v) is 2.65. The van der Waals surface area contributed by atoms with Gasteiger partial charge in [0, 0.05) is 0 Å². The number of epoxide rings is 1. The molecule has 0 radical (unpaired) electrons. The number of rotatable bonds is 3. The Bertz CT molecular complexity index is 595. The molecule has 0 unspecified atom stereocenters. The quantitative estimate of drug-likeness (QED) is 0.630. The third-order valence-electron chi connectivity index (χ3n) is 3.74. The Kier molecular flexibility index (Phi) is 4.02. The molecule has 23 heavy (non-hydrogen) atoms. The van der Waals surface area contributed by atoms with Crippen LogP contribution in [0.15, 0.2) is 30.3 Å². The molecule has 124 valence electrons. The molecule has 2 fully saturated rings. The van der Waals surface area contributed by atoms with E-state index < -0.39 is 23.7 Å². The molecule has 2 aliphatic rings. The summed E-state index contributed by atoms with van der Waals surface area (Å²) in [6.45, 7) is 5.92. The number of carbonyl (C=O) groups excluding carboxylic acids is 2. The molecule has 0 saturated carbocycles. The smallest absolute Gasteiger partial charge is 0.411 e. The van der Waals surface area contributed by atoms with E-state index in [-0.39, 0.29) is 18.8 Å². The number of esters is 1. The van der Waals surface area contributed by atoms with Crippen molar-refractivity contribution in [3.8, 4) is 0 Å². The topological polar surface area (TPSA) is 68.4 Å². The van der Waals surface area contributed by atoms with Crippen LogP contribution in [0.2, 0.25) is 0 Å². The van der Waals surface area contributed by atoms with E-state index in [0.29, 0.717) is 6.54 Å². The number of ether oxygens (including phenoxy) is 3. The van der Waals surface area contributed by atoms with Crippen molar-refractivity contribution < 1.29 is 23.8 Å². The van der Waals surface area contributed by atoms with Crippen molar-refractivity contribution in [1.82, 2.24) is 4.90 Å². The third-order valence-corrected chi connectivity index (χ3v) is 3.74. The average Bonchev–Trinajstić information content (AvgIpc) is 3.14. The minimum atomic E-state index is -0.724. The van der Waals surface area contributed by atoms with Crippen molar-refractivity contribution in [2.24, 2.45) is 0 Å². The maximum Gasteiger partial charge on any atom is 0.411 e. The Morgan fingerprint density at radius 1 is 1.26 bits per heavy atom. The summed E-state index contributed by atoms with van der Waals surface area (Å²) in [5.74, 6) is -0.454. The second-order valence-electron chi connectivity index (χ2n) is 6.81. The van der Waals surface area contributed by atoms with E-state index in [0.717, 1.165) is 5.56 Å². The van der Waals surface area contributed by atoms with Crippen LogP contribution in [0.25, 0.3) is 0 Å². The molecule has 0 aliphatic carbocycles. The Labute approximate surface area is 135 Å². The highest BCUT2D eigenvalue weighted by atomic mass is 16.6. The molecule has 0 spiro atoms. The minimum absolute atomic E-state index is 0.0863. The molecule has 6 nitrogen and oxygen atoms in total. The predicted molar refractivity (Wildman–Crippen MR) is 81.6 cm³/mol. The van der Waals surface area contributed by atoms with Gasteiger partial charge in [0.25, 0.3) is 0 Å². The second kappa shape index (κ2) is 5.85. The zero-order valence-corrected chi connectivity index (χ0v) is 13.5. The van der Waals surface area contributed by atoms with Crippen molar-refractivity contribution >= 4 is 12.1 Å². The monoisotopic (exact) mass is 319 g/mol. The summed E-state index contributed by atoms with van der Waals surface area (Å²) >= 11 is 0. The lowest BCUT2D eigenvalue weighted by molar-refractivity contribution is -0.151.